The Morgan fingerprint density at radius 1 is 1.12 bits per heavy atom. The van der Waals surface area contributed by atoms with Gasteiger partial charge >= 0.3 is 0 Å². The van der Waals surface area contributed by atoms with Crippen molar-refractivity contribution in [1.29, 1.82) is 0 Å². The van der Waals surface area contributed by atoms with Crippen LogP contribution in [0, 0.1) is 0 Å². The van der Waals surface area contributed by atoms with Gasteiger partial charge in [0.1, 0.15) is 0 Å². The first-order valence-corrected chi connectivity index (χ1v) is 6.43. The number of nitrogens with two attached hydrogens (primary N) is 1. The number of benzene rings is 1. The summed E-state index contributed by atoms with van der Waals surface area (Å²) >= 11 is 12.0. The molecule has 0 heterocycles. The van der Waals surface area contributed by atoms with Crippen LogP contribution in [0.5, 0.6) is 0 Å². The molecule has 5 heteroatoms. The molecule has 0 bridgehead atoms. The third-order valence-corrected chi connectivity index (χ3v) is 3.69. The van der Waals surface area contributed by atoms with Gasteiger partial charge in [-0.1, -0.05) is 42.5 Å². The molecule has 0 spiro atoms. The van der Waals surface area contributed by atoms with E-state index in [0.29, 0.717) is 16.1 Å². The lowest BCUT2D eigenvalue weighted by Crippen LogP contribution is -2.42. The fraction of sp³-hybridized carbons (Fsp3) is 0.500. The number of nitrogens with zero attached hydrogens (tertiary/aromatic N) is 1. The number of rotatable bonds is 2. The van der Waals surface area contributed by atoms with Crippen LogP contribution >= 0.6 is 35.6 Å². The van der Waals surface area contributed by atoms with Gasteiger partial charge in [-0.3, -0.25) is 0 Å². The molecule has 0 radical (unpaired) electrons. The van der Waals surface area contributed by atoms with Crippen LogP contribution in [0.3, 0.4) is 0 Å². The first kappa shape index (κ1) is 14.9. The van der Waals surface area contributed by atoms with Crippen LogP contribution in [-0.2, 0) is 0 Å². The Bertz CT molecular complexity index is 365. The fourth-order valence-corrected chi connectivity index (χ4v) is 2.75. The van der Waals surface area contributed by atoms with Crippen molar-refractivity contribution in [2.75, 3.05) is 5.01 Å². The average molecular weight is 296 g/mol. The van der Waals surface area contributed by atoms with Gasteiger partial charge in [-0.15, -0.1) is 12.4 Å². The van der Waals surface area contributed by atoms with E-state index >= 15 is 0 Å². The van der Waals surface area contributed by atoms with Gasteiger partial charge in [0.25, 0.3) is 0 Å². The van der Waals surface area contributed by atoms with Crippen LogP contribution in [-0.4, -0.2) is 6.04 Å². The third-order valence-electron chi connectivity index (χ3n) is 3.16. The molecule has 0 unspecified atom stereocenters. The number of hydrogen-bond acceptors (Lipinski definition) is 2. The maximum absolute atomic E-state index is 6.14. The highest BCUT2D eigenvalue weighted by molar-refractivity contribution is 6.36. The van der Waals surface area contributed by atoms with E-state index < -0.39 is 0 Å². The first-order valence-electron chi connectivity index (χ1n) is 5.67. The molecule has 1 fully saturated rings. The van der Waals surface area contributed by atoms with E-state index in [9.17, 15) is 0 Å². The smallest absolute Gasteiger partial charge is 0.0707 e. The summed E-state index contributed by atoms with van der Waals surface area (Å²) in [5.41, 5.74) is 0.873. The van der Waals surface area contributed by atoms with E-state index in [4.69, 9.17) is 29.0 Å². The monoisotopic (exact) mass is 294 g/mol. The van der Waals surface area contributed by atoms with Gasteiger partial charge in [0.05, 0.1) is 10.7 Å². The predicted molar refractivity (Wildman–Crippen MR) is 77.2 cm³/mol. The average Bonchev–Trinajstić information content (AvgIpc) is 2.29. The summed E-state index contributed by atoms with van der Waals surface area (Å²) in [6, 6.07) is 5.86. The van der Waals surface area contributed by atoms with Crippen molar-refractivity contribution in [3.63, 3.8) is 0 Å². The Morgan fingerprint density at radius 3 is 2.35 bits per heavy atom. The highest BCUT2D eigenvalue weighted by Crippen LogP contribution is 2.31. The molecular weight excluding hydrogens is 279 g/mol. The zero-order valence-electron chi connectivity index (χ0n) is 9.53. The zero-order valence-corrected chi connectivity index (χ0v) is 11.9. The van der Waals surface area contributed by atoms with Gasteiger partial charge in [0.2, 0.25) is 0 Å². The SMILES string of the molecule is Cl.NN(c1ccc(Cl)cc1Cl)C1CCCCC1. The van der Waals surface area contributed by atoms with Crippen LogP contribution in [0.15, 0.2) is 18.2 Å². The van der Waals surface area contributed by atoms with Crippen LogP contribution in [0.25, 0.3) is 0 Å². The van der Waals surface area contributed by atoms with E-state index in [1.165, 1.54) is 19.3 Å². The molecule has 0 amide bonds. The van der Waals surface area contributed by atoms with Crippen molar-refractivity contribution < 1.29 is 0 Å². The maximum atomic E-state index is 6.14. The van der Waals surface area contributed by atoms with E-state index in [2.05, 4.69) is 0 Å². The molecule has 2 N–H and O–H groups in total. The van der Waals surface area contributed by atoms with Crippen molar-refractivity contribution in [1.82, 2.24) is 0 Å². The van der Waals surface area contributed by atoms with Crippen LogP contribution in [0.1, 0.15) is 32.1 Å². The topological polar surface area (TPSA) is 29.3 Å². The molecule has 0 atom stereocenters. The lowest BCUT2D eigenvalue weighted by Gasteiger charge is -2.32. The first-order chi connectivity index (χ1) is 7.68. The Labute approximate surface area is 118 Å². The van der Waals surface area contributed by atoms with Gasteiger partial charge in [-0.05, 0) is 31.0 Å². The summed E-state index contributed by atoms with van der Waals surface area (Å²) in [7, 11) is 0. The molecular formula is C12H17Cl3N2. The molecule has 1 aliphatic carbocycles. The summed E-state index contributed by atoms with van der Waals surface area (Å²) in [5, 5.41) is 3.07. The molecule has 0 aliphatic heterocycles. The Hall–Kier alpha value is -0.150. The van der Waals surface area contributed by atoms with Gasteiger partial charge in [-0.25, -0.2) is 5.84 Å². The standard InChI is InChI=1S/C12H16Cl2N2.ClH/c13-9-6-7-12(11(14)8-9)16(15)10-4-2-1-3-5-10;/h6-8,10H,1-5,15H2;1H. The Balaban J connectivity index is 0.00000144. The molecule has 0 aromatic heterocycles. The normalized spacial score (nSPS) is 16.4. The molecule has 1 saturated carbocycles. The summed E-state index contributed by atoms with van der Waals surface area (Å²) in [6.45, 7) is 0. The second-order valence-corrected chi connectivity index (χ2v) is 5.14. The molecule has 1 aliphatic rings. The van der Waals surface area contributed by atoms with Gasteiger partial charge in [0, 0.05) is 11.1 Å². The second-order valence-electron chi connectivity index (χ2n) is 4.29. The van der Waals surface area contributed by atoms with Gasteiger partial charge in [0.15, 0.2) is 0 Å². The van der Waals surface area contributed by atoms with Crippen molar-refractivity contribution in [3.8, 4) is 0 Å². The molecule has 2 nitrogen and oxygen atoms in total. The van der Waals surface area contributed by atoms with Gasteiger partial charge in [-0.2, -0.15) is 0 Å². The highest BCUT2D eigenvalue weighted by Gasteiger charge is 2.20. The van der Waals surface area contributed by atoms with E-state index in [1.54, 1.807) is 11.1 Å². The lowest BCUT2D eigenvalue weighted by molar-refractivity contribution is 0.418. The summed E-state index contributed by atoms with van der Waals surface area (Å²) < 4.78 is 0. The Kier molecular flexibility index (Phi) is 5.87. The molecule has 1 aromatic rings. The molecule has 0 saturated heterocycles. The van der Waals surface area contributed by atoms with E-state index in [0.717, 1.165) is 18.5 Å². The Morgan fingerprint density at radius 2 is 1.76 bits per heavy atom. The quantitative estimate of drug-likeness (QED) is 0.646. The lowest BCUT2D eigenvalue weighted by atomic mass is 9.95. The van der Waals surface area contributed by atoms with Crippen LogP contribution < -0.4 is 10.9 Å². The summed E-state index contributed by atoms with van der Waals surface area (Å²) in [6.07, 6.45) is 6.12. The fourth-order valence-electron chi connectivity index (χ4n) is 2.25. The van der Waals surface area contributed by atoms with E-state index in [-0.39, 0.29) is 12.4 Å². The van der Waals surface area contributed by atoms with Crippen molar-refractivity contribution in [3.05, 3.63) is 28.2 Å². The molecule has 2 rings (SSSR count). The third kappa shape index (κ3) is 3.65. The number of anilines is 1. The maximum Gasteiger partial charge on any atom is 0.0707 e. The zero-order chi connectivity index (χ0) is 11.5. The predicted octanol–water partition coefficient (Wildman–Crippen LogP) is 4.43. The minimum absolute atomic E-state index is 0. The molecule has 17 heavy (non-hydrogen) atoms. The van der Waals surface area contributed by atoms with Crippen molar-refractivity contribution in [2.24, 2.45) is 5.84 Å². The highest BCUT2D eigenvalue weighted by atomic mass is 35.5. The summed E-state index contributed by atoms with van der Waals surface area (Å²) in [4.78, 5) is 0. The summed E-state index contributed by atoms with van der Waals surface area (Å²) in [5.74, 6) is 6.13. The largest absolute Gasteiger partial charge is 0.307 e. The molecule has 96 valence electrons. The minimum atomic E-state index is 0. The minimum Gasteiger partial charge on any atom is -0.307 e. The van der Waals surface area contributed by atoms with Crippen molar-refractivity contribution >= 4 is 41.3 Å². The second kappa shape index (κ2) is 6.69. The van der Waals surface area contributed by atoms with E-state index in [1.807, 2.05) is 12.1 Å². The van der Waals surface area contributed by atoms with Crippen LogP contribution in [0.4, 0.5) is 5.69 Å². The number of hydrogen-bond donors (Lipinski definition) is 1. The number of hydrazine groups is 1. The number of halogens is 3. The van der Waals surface area contributed by atoms with Gasteiger partial charge < -0.3 is 5.01 Å². The van der Waals surface area contributed by atoms with Crippen molar-refractivity contribution in [2.45, 2.75) is 38.1 Å². The van der Waals surface area contributed by atoms with Crippen LogP contribution in [0.2, 0.25) is 10.0 Å². The molecule has 1 aromatic carbocycles.